The molecule has 0 amide bonds. The molecule has 1 aliphatic rings. The second kappa shape index (κ2) is 11.1. The zero-order valence-electron chi connectivity index (χ0n) is 19.6. The van der Waals surface area contributed by atoms with Crippen molar-refractivity contribution in [3.8, 4) is 11.5 Å². The average Bonchev–Trinajstić information content (AvgIpc) is 2.83. The molecule has 10 heteroatoms. The van der Waals surface area contributed by atoms with Gasteiger partial charge in [-0.1, -0.05) is 12.1 Å². The lowest BCUT2D eigenvalue weighted by Crippen LogP contribution is -2.50. The van der Waals surface area contributed by atoms with E-state index < -0.39 is 16.1 Å². The van der Waals surface area contributed by atoms with Crippen molar-refractivity contribution in [1.29, 1.82) is 0 Å². The van der Waals surface area contributed by atoms with Crippen molar-refractivity contribution in [1.82, 2.24) is 9.21 Å². The van der Waals surface area contributed by atoms with Gasteiger partial charge in [-0.25, -0.2) is 8.42 Å². The maximum absolute atomic E-state index is 13.0. The van der Waals surface area contributed by atoms with Crippen molar-refractivity contribution in [2.75, 3.05) is 46.4 Å². The van der Waals surface area contributed by atoms with Crippen LogP contribution < -0.4 is 9.47 Å². The van der Waals surface area contributed by atoms with Gasteiger partial charge in [-0.15, -0.1) is 0 Å². The van der Waals surface area contributed by atoms with Crippen molar-refractivity contribution in [3.05, 3.63) is 53.6 Å². The number of methoxy groups -OCH3 is 1. The molecule has 1 heterocycles. The predicted octanol–water partition coefficient (Wildman–Crippen LogP) is 1.85. The molecule has 3 rings (SSSR count). The fourth-order valence-corrected chi connectivity index (χ4v) is 5.19. The third-order valence-corrected chi connectivity index (χ3v) is 7.57. The summed E-state index contributed by atoms with van der Waals surface area (Å²) in [5, 5.41) is 10.4. The van der Waals surface area contributed by atoms with E-state index in [0.717, 1.165) is 0 Å². The number of nitrogens with zero attached hydrogens (tertiary/aromatic N) is 2. The number of benzene rings is 2. The maximum atomic E-state index is 13.0. The topological polar surface area (TPSA) is 113 Å². The molecule has 9 nitrogen and oxygen atoms in total. The Hall–Kier alpha value is -2.79. The van der Waals surface area contributed by atoms with Gasteiger partial charge in [-0.2, -0.15) is 4.31 Å². The molecule has 1 aliphatic heterocycles. The molecular weight excluding hydrogens is 460 g/mol. The van der Waals surface area contributed by atoms with Crippen LogP contribution in [0.3, 0.4) is 0 Å². The zero-order chi connectivity index (χ0) is 24.9. The van der Waals surface area contributed by atoms with Gasteiger partial charge in [-0.05, 0) is 44.2 Å². The molecule has 0 radical (unpaired) electrons. The van der Waals surface area contributed by atoms with Gasteiger partial charge in [0.25, 0.3) is 0 Å². The first-order chi connectivity index (χ1) is 16.1. The Morgan fingerprint density at radius 3 is 2.24 bits per heavy atom. The Bertz CT molecular complexity index is 1140. The number of aliphatic hydroxyl groups is 1. The van der Waals surface area contributed by atoms with Crippen LogP contribution in [0, 0.1) is 0 Å². The molecule has 1 saturated heterocycles. The SMILES string of the molecule is COc1cc(C(C)=O)ccc1OCC(O)CN1CCN(S(=O)(=O)c2cccc(C(C)=O)c2)CC1. The van der Waals surface area contributed by atoms with Gasteiger partial charge < -0.3 is 14.6 Å². The fourth-order valence-electron chi connectivity index (χ4n) is 3.72. The molecule has 1 fully saturated rings. The molecule has 0 aliphatic carbocycles. The highest BCUT2D eigenvalue weighted by Crippen LogP contribution is 2.28. The van der Waals surface area contributed by atoms with E-state index in [0.29, 0.717) is 42.3 Å². The van der Waals surface area contributed by atoms with Crippen LogP contribution in [0.4, 0.5) is 0 Å². The minimum absolute atomic E-state index is 0.0200. The molecule has 0 saturated carbocycles. The van der Waals surface area contributed by atoms with Crippen LogP contribution in [0.2, 0.25) is 0 Å². The number of carbonyl (C=O) groups is 2. The summed E-state index contributed by atoms with van der Waals surface area (Å²) in [4.78, 5) is 25.2. The Labute approximate surface area is 199 Å². The second-order valence-electron chi connectivity index (χ2n) is 8.18. The fraction of sp³-hybridized carbons (Fsp3) is 0.417. The van der Waals surface area contributed by atoms with E-state index >= 15 is 0 Å². The lowest BCUT2D eigenvalue weighted by atomic mass is 10.1. The molecule has 1 unspecified atom stereocenters. The first-order valence-corrected chi connectivity index (χ1v) is 12.4. The van der Waals surface area contributed by atoms with Gasteiger partial charge in [0.05, 0.1) is 12.0 Å². The summed E-state index contributed by atoms with van der Waals surface area (Å²) in [5.74, 6) is 0.561. The van der Waals surface area contributed by atoms with Gasteiger partial charge >= 0.3 is 0 Å². The van der Waals surface area contributed by atoms with Crippen molar-refractivity contribution >= 4 is 21.6 Å². The number of sulfonamides is 1. The van der Waals surface area contributed by atoms with Gasteiger partial charge in [-0.3, -0.25) is 14.5 Å². The third kappa shape index (κ3) is 6.20. The first-order valence-electron chi connectivity index (χ1n) is 10.9. The number of β-amino-alcohol motifs (C(OH)–C–C–N with tert-alkyl or cyclic N) is 1. The zero-order valence-corrected chi connectivity index (χ0v) is 20.4. The summed E-state index contributed by atoms with van der Waals surface area (Å²) >= 11 is 0. The number of ether oxygens (including phenoxy) is 2. The minimum Gasteiger partial charge on any atom is -0.493 e. The molecule has 0 spiro atoms. The molecular formula is C24H30N2O7S. The van der Waals surface area contributed by atoms with E-state index in [1.807, 2.05) is 4.90 Å². The third-order valence-electron chi connectivity index (χ3n) is 5.68. The average molecular weight is 491 g/mol. The largest absolute Gasteiger partial charge is 0.493 e. The molecule has 1 N–H and O–H groups in total. The monoisotopic (exact) mass is 490 g/mol. The van der Waals surface area contributed by atoms with Gasteiger partial charge in [0.2, 0.25) is 10.0 Å². The Morgan fingerprint density at radius 2 is 1.62 bits per heavy atom. The van der Waals surface area contributed by atoms with E-state index in [-0.39, 0.29) is 36.2 Å². The molecule has 1 atom stereocenters. The molecule has 184 valence electrons. The Balaban J connectivity index is 1.53. The number of carbonyl (C=O) groups excluding carboxylic acids is 2. The molecule has 0 bridgehead atoms. The molecule has 2 aromatic rings. The van der Waals surface area contributed by atoms with E-state index in [1.165, 1.54) is 37.4 Å². The van der Waals surface area contributed by atoms with Crippen molar-refractivity contribution in [2.24, 2.45) is 0 Å². The number of ketones is 2. The second-order valence-corrected chi connectivity index (χ2v) is 10.1. The van der Waals surface area contributed by atoms with Crippen molar-refractivity contribution in [2.45, 2.75) is 24.8 Å². The van der Waals surface area contributed by atoms with Crippen molar-refractivity contribution < 1.29 is 32.6 Å². The number of rotatable bonds is 10. The van der Waals surface area contributed by atoms with E-state index in [2.05, 4.69) is 0 Å². The summed E-state index contributed by atoms with van der Waals surface area (Å²) in [6.07, 6.45) is -0.799. The van der Waals surface area contributed by atoms with Gasteiger partial charge in [0.1, 0.15) is 12.7 Å². The number of hydrogen-bond donors (Lipinski definition) is 1. The van der Waals surface area contributed by atoms with Crippen LogP contribution in [-0.4, -0.2) is 86.8 Å². The summed E-state index contributed by atoms with van der Waals surface area (Å²) in [5.41, 5.74) is 0.862. The van der Waals surface area contributed by atoms with Crippen LogP contribution in [0.15, 0.2) is 47.4 Å². The lowest BCUT2D eigenvalue weighted by molar-refractivity contribution is 0.0561. The summed E-state index contributed by atoms with van der Waals surface area (Å²) < 4.78 is 38.3. The van der Waals surface area contributed by atoms with E-state index in [1.54, 1.807) is 30.3 Å². The predicted molar refractivity (Wildman–Crippen MR) is 126 cm³/mol. The van der Waals surface area contributed by atoms with Crippen LogP contribution >= 0.6 is 0 Å². The van der Waals surface area contributed by atoms with Crippen LogP contribution in [0.1, 0.15) is 34.6 Å². The van der Waals surface area contributed by atoms with E-state index in [9.17, 15) is 23.1 Å². The van der Waals surface area contributed by atoms with Gasteiger partial charge in [0, 0.05) is 43.9 Å². The van der Waals surface area contributed by atoms with Crippen LogP contribution in [0.25, 0.3) is 0 Å². The maximum Gasteiger partial charge on any atom is 0.243 e. The number of piperazine rings is 1. The highest BCUT2D eigenvalue weighted by Gasteiger charge is 2.29. The molecule has 34 heavy (non-hydrogen) atoms. The number of Topliss-reactive ketones (excluding diaryl/α,β-unsaturated/α-hetero) is 2. The normalized spacial score (nSPS) is 16.1. The quantitative estimate of drug-likeness (QED) is 0.502. The molecule has 0 aromatic heterocycles. The van der Waals surface area contributed by atoms with Crippen LogP contribution in [0.5, 0.6) is 11.5 Å². The van der Waals surface area contributed by atoms with Crippen LogP contribution in [-0.2, 0) is 10.0 Å². The standard InChI is InChI=1S/C24H30N2O7S/c1-17(27)19-5-4-6-22(13-19)34(30,31)26-11-9-25(10-12-26)15-21(29)16-33-23-8-7-20(18(2)28)14-24(23)32-3/h4-8,13-14,21,29H,9-12,15-16H2,1-3H3. The summed E-state index contributed by atoms with van der Waals surface area (Å²) in [7, 11) is -2.23. The Kier molecular flexibility index (Phi) is 8.42. The number of aliphatic hydroxyl groups excluding tert-OH is 1. The van der Waals surface area contributed by atoms with Crippen molar-refractivity contribution in [3.63, 3.8) is 0 Å². The lowest BCUT2D eigenvalue weighted by Gasteiger charge is -2.34. The smallest absolute Gasteiger partial charge is 0.243 e. The van der Waals surface area contributed by atoms with Gasteiger partial charge in [0.15, 0.2) is 23.1 Å². The first kappa shape index (κ1) is 25.8. The summed E-state index contributed by atoms with van der Waals surface area (Å²) in [6, 6.07) is 10.9. The number of hydrogen-bond acceptors (Lipinski definition) is 8. The highest BCUT2D eigenvalue weighted by atomic mass is 32.2. The summed E-state index contributed by atoms with van der Waals surface area (Å²) in [6.45, 7) is 4.68. The Morgan fingerprint density at radius 1 is 0.971 bits per heavy atom. The molecule has 2 aromatic carbocycles. The highest BCUT2D eigenvalue weighted by molar-refractivity contribution is 7.89. The van der Waals surface area contributed by atoms with E-state index in [4.69, 9.17) is 9.47 Å². The minimum atomic E-state index is -3.70.